The van der Waals surface area contributed by atoms with Crippen LogP contribution in [0.2, 0.25) is 0 Å². The fraction of sp³-hybridized carbons (Fsp3) is 0.296. The normalized spacial score (nSPS) is 22.4. The van der Waals surface area contributed by atoms with Crippen molar-refractivity contribution in [3.05, 3.63) is 90.0 Å². The fourth-order valence-electron chi connectivity index (χ4n) is 4.70. The Bertz CT molecular complexity index is 1030. The minimum atomic E-state index is 0.0315. The molecule has 6 rings (SSSR count). The van der Waals surface area contributed by atoms with Crippen molar-refractivity contribution in [1.82, 2.24) is 4.90 Å². The van der Waals surface area contributed by atoms with Crippen molar-refractivity contribution in [1.29, 1.82) is 0 Å². The van der Waals surface area contributed by atoms with Crippen molar-refractivity contribution in [2.24, 2.45) is 5.92 Å². The largest absolute Gasteiger partial charge is 0.488 e. The molecule has 2 aliphatic heterocycles. The number of carbonyl (C=O) groups excluding carboxylic acids is 1. The van der Waals surface area contributed by atoms with E-state index in [2.05, 4.69) is 19.1 Å². The lowest BCUT2D eigenvalue weighted by Gasteiger charge is -2.49. The topological polar surface area (TPSA) is 38.8 Å². The zero-order valence-corrected chi connectivity index (χ0v) is 17.7. The molecule has 3 aliphatic rings. The van der Waals surface area contributed by atoms with Crippen LogP contribution < -0.4 is 9.47 Å². The van der Waals surface area contributed by atoms with Gasteiger partial charge in [-0.1, -0.05) is 48.0 Å². The molecule has 31 heavy (non-hydrogen) atoms. The van der Waals surface area contributed by atoms with Crippen LogP contribution in [-0.2, 0) is 11.3 Å². The highest BCUT2D eigenvalue weighted by Gasteiger charge is 2.47. The molecule has 3 atom stereocenters. The first-order valence-electron chi connectivity index (χ1n) is 11.0. The third-order valence-corrected chi connectivity index (χ3v) is 6.35. The molecule has 1 amide bonds. The van der Waals surface area contributed by atoms with Crippen LogP contribution in [0.4, 0.5) is 0 Å². The van der Waals surface area contributed by atoms with Crippen molar-refractivity contribution < 1.29 is 14.3 Å². The molecule has 3 aromatic carbocycles. The van der Waals surface area contributed by atoms with Gasteiger partial charge in [0.1, 0.15) is 23.4 Å². The second kappa shape index (κ2) is 8.46. The molecule has 0 spiro atoms. The lowest BCUT2D eigenvalue weighted by atomic mass is 9.77. The summed E-state index contributed by atoms with van der Waals surface area (Å²) in [6.45, 7) is 2.71. The number of benzene rings is 3. The highest BCUT2D eigenvalue weighted by atomic mass is 16.5. The third kappa shape index (κ3) is 4.29. The number of piperidine rings is 2. The van der Waals surface area contributed by atoms with Crippen molar-refractivity contribution in [2.75, 3.05) is 0 Å². The van der Waals surface area contributed by atoms with E-state index in [-0.39, 0.29) is 24.0 Å². The van der Waals surface area contributed by atoms with Gasteiger partial charge in [0.05, 0.1) is 6.04 Å². The van der Waals surface area contributed by atoms with Gasteiger partial charge >= 0.3 is 0 Å². The summed E-state index contributed by atoms with van der Waals surface area (Å²) in [6, 6.07) is 26.1. The first-order valence-corrected chi connectivity index (χ1v) is 11.0. The maximum Gasteiger partial charge on any atom is 0.226 e. The molecule has 0 radical (unpaired) electrons. The van der Waals surface area contributed by atoms with Gasteiger partial charge in [-0.3, -0.25) is 4.79 Å². The van der Waals surface area contributed by atoms with Gasteiger partial charge < -0.3 is 14.4 Å². The number of hydrogen-bond acceptors (Lipinski definition) is 3. The van der Waals surface area contributed by atoms with Crippen LogP contribution in [0, 0.1) is 12.8 Å². The molecular weight excluding hydrogens is 386 g/mol. The number of aryl methyl sites for hydroxylation is 1. The molecule has 0 N–H and O–H groups in total. The second-order valence-electron chi connectivity index (χ2n) is 8.57. The van der Waals surface area contributed by atoms with Crippen LogP contribution in [0.3, 0.4) is 0 Å². The number of hydrogen-bond donors (Lipinski definition) is 0. The summed E-state index contributed by atoms with van der Waals surface area (Å²) in [5.74, 6) is 2.77. The molecule has 1 saturated carbocycles. The molecule has 2 bridgehead atoms. The van der Waals surface area contributed by atoms with Crippen LogP contribution in [0.25, 0.3) is 0 Å². The molecule has 0 unspecified atom stereocenters. The third-order valence-electron chi connectivity index (χ3n) is 6.35. The van der Waals surface area contributed by atoms with E-state index in [1.54, 1.807) is 0 Å². The Labute approximate surface area is 183 Å². The maximum absolute atomic E-state index is 12.9. The molecule has 158 valence electrons. The van der Waals surface area contributed by atoms with Crippen LogP contribution >= 0.6 is 0 Å². The van der Waals surface area contributed by atoms with Crippen molar-refractivity contribution in [2.45, 2.75) is 44.9 Å². The molecule has 4 heteroatoms. The zero-order valence-electron chi connectivity index (χ0n) is 17.7. The van der Waals surface area contributed by atoms with Crippen molar-refractivity contribution in [3.63, 3.8) is 0 Å². The van der Waals surface area contributed by atoms with E-state index in [9.17, 15) is 4.79 Å². The van der Waals surface area contributed by atoms with E-state index < -0.39 is 0 Å². The lowest BCUT2D eigenvalue weighted by Crippen LogP contribution is -2.59. The first-order chi connectivity index (χ1) is 15.2. The summed E-state index contributed by atoms with van der Waals surface area (Å²) in [4.78, 5) is 14.9. The summed E-state index contributed by atoms with van der Waals surface area (Å²) in [5, 5.41) is 0. The number of rotatable bonds is 6. The Morgan fingerprint density at radius 3 is 2.19 bits per heavy atom. The number of carbonyl (C=O) groups is 1. The highest BCUT2D eigenvalue weighted by molar-refractivity contribution is 5.81. The number of fused-ring (bicyclic) bond motifs is 3. The van der Waals surface area contributed by atoms with Crippen LogP contribution in [0.1, 0.15) is 30.4 Å². The van der Waals surface area contributed by atoms with Gasteiger partial charge in [0, 0.05) is 12.5 Å². The minimum absolute atomic E-state index is 0.0315. The Kier molecular flexibility index (Phi) is 5.37. The number of amides is 1. The van der Waals surface area contributed by atoms with Gasteiger partial charge in [0.25, 0.3) is 0 Å². The van der Waals surface area contributed by atoms with Crippen molar-refractivity contribution >= 4 is 5.91 Å². The monoisotopic (exact) mass is 413 g/mol. The van der Waals surface area contributed by atoms with Crippen LogP contribution in [0.15, 0.2) is 78.9 Å². The Morgan fingerprint density at radius 2 is 1.48 bits per heavy atom. The van der Waals surface area contributed by atoms with Gasteiger partial charge in [0.2, 0.25) is 5.91 Å². The molecule has 3 aromatic rings. The van der Waals surface area contributed by atoms with Gasteiger partial charge in [0.15, 0.2) is 0 Å². The first kappa shape index (κ1) is 19.7. The second-order valence-corrected chi connectivity index (χ2v) is 8.57. The zero-order chi connectivity index (χ0) is 21.2. The predicted molar refractivity (Wildman–Crippen MR) is 120 cm³/mol. The van der Waals surface area contributed by atoms with E-state index in [1.165, 1.54) is 11.1 Å². The standard InChI is InChI=1S/C27H27NO3/c1-19-7-10-22(11-8-19)30-23-12-14-24(15-13-23)31-26-17-21-9-16-25(26)28(27(21)29)18-20-5-3-2-4-6-20/h2-8,10-15,21,25-26H,9,16-18H2,1H3/t21-,25+,26+/m0/s1. The molecule has 4 nitrogen and oxygen atoms in total. The molecule has 2 heterocycles. The van der Waals surface area contributed by atoms with Gasteiger partial charge in [-0.15, -0.1) is 0 Å². The maximum atomic E-state index is 12.9. The summed E-state index contributed by atoms with van der Waals surface area (Å²) >= 11 is 0. The quantitative estimate of drug-likeness (QED) is 0.517. The fourth-order valence-corrected chi connectivity index (χ4v) is 4.70. The van der Waals surface area contributed by atoms with E-state index in [0.717, 1.165) is 36.5 Å². The smallest absolute Gasteiger partial charge is 0.226 e. The summed E-state index contributed by atoms with van der Waals surface area (Å²) in [6.07, 6.45) is 2.81. The highest BCUT2D eigenvalue weighted by Crippen LogP contribution is 2.39. The number of ether oxygens (including phenoxy) is 2. The van der Waals surface area contributed by atoms with Gasteiger partial charge in [-0.25, -0.2) is 0 Å². The van der Waals surface area contributed by atoms with Crippen molar-refractivity contribution in [3.8, 4) is 17.2 Å². The van der Waals surface area contributed by atoms with E-state index in [0.29, 0.717) is 6.54 Å². The Hall–Kier alpha value is -3.27. The SMILES string of the molecule is Cc1ccc(Oc2ccc(O[C@@H]3C[C@@H]4CC[C@H]3N(Cc3ccccc3)C4=O)cc2)cc1. The van der Waals surface area contributed by atoms with E-state index in [4.69, 9.17) is 9.47 Å². The van der Waals surface area contributed by atoms with Crippen LogP contribution in [0.5, 0.6) is 17.2 Å². The summed E-state index contributed by atoms with van der Waals surface area (Å²) in [5.41, 5.74) is 2.37. The lowest BCUT2D eigenvalue weighted by molar-refractivity contribution is -0.155. The Balaban J connectivity index is 1.26. The Morgan fingerprint density at radius 1 is 0.839 bits per heavy atom. The molecular formula is C27H27NO3. The average Bonchev–Trinajstić information content (AvgIpc) is 2.80. The van der Waals surface area contributed by atoms with Gasteiger partial charge in [-0.2, -0.15) is 0 Å². The molecule has 2 saturated heterocycles. The molecule has 3 fully saturated rings. The molecule has 1 aliphatic carbocycles. The van der Waals surface area contributed by atoms with Crippen LogP contribution in [-0.4, -0.2) is 23.0 Å². The predicted octanol–water partition coefficient (Wildman–Crippen LogP) is 5.75. The average molecular weight is 414 g/mol. The number of nitrogens with zero attached hydrogens (tertiary/aromatic N) is 1. The van der Waals surface area contributed by atoms with E-state index >= 15 is 0 Å². The van der Waals surface area contributed by atoms with Gasteiger partial charge in [-0.05, 0) is 68.1 Å². The summed E-state index contributed by atoms with van der Waals surface area (Å²) in [7, 11) is 0. The van der Waals surface area contributed by atoms with E-state index in [1.807, 2.05) is 71.6 Å². The molecule has 0 aromatic heterocycles. The minimum Gasteiger partial charge on any atom is -0.488 e. The summed E-state index contributed by atoms with van der Waals surface area (Å²) < 4.78 is 12.3.